The summed E-state index contributed by atoms with van der Waals surface area (Å²) in [7, 11) is 1.58. The predicted octanol–water partition coefficient (Wildman–Crippen LogP) is 3.32. The molecule has 26 heavy (non-hydrogen) atoms. The number of benzene rings is 1. The molecule has 0 bridgehead atoms. The van der Waals surface area contributed by atoms with Crippen molar-refractivity contribution in [3.8, 4) is 17.2 Å². The minimum absolute atomic E-state index is 0.358. The quantitative estimate of drug-likeness (QED) is 0.596. The van der Waals surface area contributed by atoms with Crippen LogP contribution in [0.5, 0.6) is 11.5 Å². The fraction of sp³-hybridized carbons (Fsp3) is 0.167. The standard InChI is InChI=1S/C18H15ClN4O3/c1-3-26-15-5-7-21-17-16(15)23(18(24)22-17)13-8-10-12(9-11(13)19)20-6-4-14(10)25-2/h4-9H,3H2,1-2H3,(H,21,22,24). The first kappa shape index (κ1) is 16.4. The molecule has 0 radical (unpaired) electrons. The number of imidazole rings is 1. The molecule has 0 aliphatic rings. The molecule has 3 aromatic heterocycles. The average molecular weight is 371 g/mol. The summed E-state index contributed by atoms with van der Waals surface area (Å²) < 4.78 is 12.5. The largest absolute Gasteiger partial charge is 0.496 e. The normalized spacial score (nSPS) is 11.2. The number of hydrogen-bond donors (Lipinski definition) is 1. The van der Waals surface area contributed by atoms with Crippen molar-refractivity contribution in [2.45, 2.75) is 6.92 Å². The molecule has 0 saturated carbocycles. The lowest BCUT2D eigenvalue weighted by Gasteiger charge is -2.12. The third-order valence-electron chi connectivity index (χ3n) is 4.07. The number of aromatic amines is 1. The van der Waals surface area contributed by atoms with Crippen molar-refractivity contribution in [2.75, 3.05) is 13.7 Å². The molecule has 1 N–H and O–H groups in total. The number of halogens is 1. The van der Waals surface area contributed by atoms with E-state index in [-0.39, 0.29) is 5.69 Å². The molecule has 4 rings (SSSR count). The third kappa shape index (κ3) is 2.48. The van der Waals surface area contributed by atoms with Gasteiger partial charge in [0.25, 0.3) is 0 Å². The molecule has 4 aromatic rings. The van der Waals surface area contributed by atoms with Crippen LogP contribution < -0.4 is 15.2 Å². The second-order valence-corrected chi connectivity index (χ2v) is 5.95. The maximum atomic E-state index is 12.6. The van der Waals surface area contributed by atoms with Gasteiger partial charge < -0.3 is 9.47 Å². The van der Waals surface area contributed by atoms with Gasteiger partial charge in [-0.1, -0.05) is 11.6 Å². The monoisotopic (exact) mass is 370 g/mol. The van der Waals surface area contributed by atoms with E-state index in [4.69, 9.17) is 21.1 Å². The molecule has 0 unspecified atom stereocenters. The second-order valence-electron chi connectivity index (χ2n) is 5.54. The van der Waals surface area contributed by atoms with E-state index in [0.717, 1.165) is 5.39 Å². The van der Waals surface area contributed by atoms with E-state index in [1.165, 1.54) is 4.57 Å². The summed E-state index contributed by atoms with van der Waals surface area (Å²) in [4.78, 5) is 23.9. The van der Waals surface area contributed by atoms with Crippen molar-refractivity contribution >= 4 is 33.7 Å². The highest BCUT2D eigenvalue weighted by atomic mass is 35.5. The topological polar surface area (TPSA) is 82.0 Å². The molecule has 8 heteroatoms. The maximum absolute atomic E-state index is 12.6. The Hall–Kier alpha value is -3.06. The van der Waals surface area contributed by atoms with Crippen molar-refractivity contribution in [1.82, 2.24) is 19.5 Å². The number of hydrogen-bond acceptors (Lipinski definition) is 5. The summed E-state index contributed by atoms with van der Waals surface area (Å²) in [5.74, 6) is 1.19. The molecule has 0 saturated heterocycles. The van der Waals surface area contributed by atoms with Crippen LogP contribution in [0.15, 0.2) is 41.5 Å². The van der Waals surface area contributed by atoms with Gasteiger partial charge in [0.1, 0.15) is 17.0 Å². The summed E-state index contributed by atoms with van der Waals surface area (Å²) in [6.07, 6.45) is 3.23. The van der Waals surface area contributed by atoms with E-state index in [9.17, 15) is 4.79 Å². The molecule has 132 valence electrons. The number of pyridine rings is 2. The fourth-order valence-corrected chi connectivity index (χ4v) is 3.23. The smallest absolute Gasteiger partial charge is 0.332 e. The molecule has 7 nitrogen and oxygen atoms in total. The Labute approximate surface area is 153 Å². The number of rotatable bonds is 4. The van der Waals surface area contributed by atoms with Crippen molar-refractivity contribution in [1.29, 1.82) is 0 Å². The van der Waals surface area contributed by atoms with Crippen molar-refractivity contribution < 1.29 is 9.47 Å². The Balaban J connectivity index is 2.08. The molecule has 0 atom stereocenters. The van der Waals surface area contributed by atoms with E-state index < -0.39 is 0 Å². The highest BCUT2D eigenvalue weighted by molar-refractivity contribution is 6.33. The molecular formula is C18H15ClN4O3. The van der Waals surface area contributed by atoms with E-state index in [0.29, 0.717) is 45.5 Å². The molecule has 0 fully saturated rings. The Morgan fingerprint density at radius 3 is 2.73 bits per heavy atom. The summed E-state index contributed by atoms with van der Waals surface area (Å²) in [6, 6.07) is 6.95. The minimum Gasteiger partial charge on any atom is -0.496 e. The third-order valence-corrected chi connectivity index (χ3v) is 4.37. The minimum atomic E-state index is -0.358. The van der Waals surface area contributed by atoms with Gasteiger partial charge in [-0.05, 0) is 25.1 Å². The van der Waals surface area contributed by atoms with Crippen molar-refractivity contribution in [3.63, 3.8) is 0 Å². The van der Waals surface area contributed by atoms with Gasteiger partial charge in [0.05, 0.1) is 29.9 Å². The first-order chi connectivity index (χ1) is 12.6. The van der Waals surface area contributed by atoms with E-state index in [2.05, 4.69) is 15.0 Å². The zero-order valence-corrected chi connectivity index (χ0v) is 14.9. The van der Waals surface area contributed by atoms with Crippen LogP contribution in [0.3, 0.4) is 0 Å². The predicted molar refractivity (Wildman–Crippen MR) is 99.7 cm³/mol. The Bertz CT molecular complexity index is 1180. The van der Waals surface area contributed by atoms with E-state index in [1.54, 1.807) is 43.8 Å². The number of H-pyrrole nitrogens is 1. The Morgan fingerprint density at radius 2 is 1.96 bits per heavy atom. The van der Waals surface area contributed by atoms with Gasteiger partial charge >= 0.3 is 5.69 Å². The molecule has 0 aliphatic carbocycles. The van der Waals surface area contributed by atoms with Gasteiger partial charge in [-0.25, -0.2) is 9.78 Å². The number of methoxy groups -OCH3 is 1. The zero-order valence-electron chi connectivity index (χ0n) is 14.1. The lowest BCUT2D eigenvalue weighted by molar-refractivity contribution is 0.343. The summed E-state index contributed by atoms with van der Waals surface area (Å²) in [6.45, 7) is 2.34. The van der Waals surface area contributed by atoms with Gasteiger partial charge in [-0.3, -0.25) is 14.5 Å². The van der Waals surface area contributed by atoms with Crippen LogP contribution >= 0.6 is 11.6 Å². The molecule has 1 aromatic carbocycles. The van der Waals surface area contributed by atoms with Gasteiger partial charge in [0.15, 0.2) is 5.65 Å². The van der Waals surface area contributed by atoms with E-state index >= 15 is 0 Å². The van der Waals surface area contributed by atoms with Gasteiger partial charge in [-0.15, -0.1) is 0 Å². The highest BCUT2D eigenvalue weighted by Gasteiger charge is 2.18. The van der Waals surface area contributed by atoms with Crippen molar-refractivity contribution in [3.05, 3.63) is 52.2 Å². The van der Waals surface area contributed by atoms with Crippen LogP contribution in [-0.4, -0.2) is 33.2 Å². The number of nitrogens with zero attached hydrogens (tertiary/aromatic N) is 3. The number of fused-ring (bicyclic) bond motifs is 2. The molecule has 0 aliphatic heterocycles. The number of aromatic nitrogens is 4. The Kier molecular flexibility index (Phi) is 4.00. The fourth-order valence-electron chi connectivity index (χ4n) is 2.98. The first-order valence-corrected chi connectivity index (χ1v) is 8.37. The lowest BCUT2D eigenvalue weighted by atomic mass is 10.1. The van der Waals surface area contributed by atoms with Crippen LogP contribution in [0.4, 0.5) is 0 Å². The average Bonchev–Trinajstić information content (AvgIpc) is 2.97. The van der Waals surface area contributed by atoms with Crippen LogP contribution in [-0.2, 0) is 0 Å². The molecule has 3 heterocycles. The van der Waals surface area contributed by atoms with Gasteiger partial charge in [-0.2, -0.15) is 0 Å². The van der Waals surface area contributed by atoms with Gasteiger partial charge in [0, 0.05) is 23.8 Å². The molecule has 0 amide bonds. The lowest BCUT2D eigenvalue weighted by Crippen LogP contribution is -2.15. The summed E-state index contributed by atoms with van der Waals surface area (Å²) >= 11 is 6.48. The number of ether oxygens (including phenoxy) is 2. The summed E-state index contributed by atoms with van der Waals surface area (Å²) in [5.41, 5.74) is 1.77. The second kappa shape index (κ2) is 6.34. The SMILES string of the molecule is CCOc1ccnc2[nH]c(=O)n(-c3cc4c(OC)ccnc4cc3Cl)c12. The zero-order chi connectivity index (χ0) is 18.3. The van der Waals surface area contributed by atoms with Crippen LogP contribution in [0.1, 0.15) is 6.92 Å². The number of nitrogens with one attached hydrogen (secondary N) is 1. The Morgan fingerprint density at radius 1 is 1.19 bits per heavy atom. The van der Waals surface area contributed by atoms with Crippen LogP contribution in [0.2, 0.25) is 5.02 Å². The first-order valence-electron chi connectivity index (χ1n) is 7.99. The highest BCUT2D eigenvalue weighted by Crippen LogP contribution is 2.33. The summed E-state index contributed by atoms with van der Waals surface area (Å²) in [5, 5.41) is 1.13. The van der Waals surface area contributed by atoms with Crippen LogP contribution in [0.25, 0.3) is 27.8 Å². The van der Waals surface area contributed by atoms with Crippen LogP contribution in [0, 0.1) is 0 Å². The van der Waals surface area contributed by atoms with Crippen molar-refractivity contribution in [2.24, 2.45) is 0 Å². The maximum Gasteiger partial charge on any atom is 0.332 e. The van der Waals surface area contributed by atoms with Gasteiger partial charge in [0.2, 0.25) is 0 Å². The molecule has 0 spiro atoms. The van der Waals surface area contributed by atoms with E-state index in [1.807, 2.05) is 6.92 Å². The molecular weight excluding hydrogens is 356 g/mol.